The highest BCUT2D eigenvalue weighted by atomic mass is 19.1. The van der Waals surface area contributed by atoms with E-state index < -0.39 is 0 Å². The van der Waals surface area contributed by atoms with Crippen LogP contribution in [-0.2, 0) is 6.54 Å². The Morgan fingerprint density at radius 2 is 1.89 bits per heavy atom. The lowest BCUT2D eigenvalue weighted by atomic mass is 9.92. The van der Waals surface area contributed by atoms with Crippen molar-refractivity contribution in [3.63, 3.8) is 0 Å². The molecular weight excluding hydrogens is 353 g/mol. The molecule has 0 amide bonds. The minimum Gasteiger partial charge on any atom is -0.339 e. The average Bonchev–Trinajstić information content (AvgIpc) is 2.71. The molecule has 0 unspecified atom stereocenters. The molecule has 0 spiro atoms. The molecule has 0 saturated carbocycles. The van der Waals surface area contributed by atoms with Crippen LogP contribution in [-0.4, -0.2) is 32.9 Å². The molecule has 1 aromatic carbocycles. The summed E-state index contributed by atoms with van der Waals surface area (Å²) < 4.78 is 13.1. The van der Waals surface area contributed by atoms with Crippen molar-refractivity contribution in [2.75, 3.05) is 18.4 Å². The number of nitrogens with one attached hydrogen (secondary N) is 1. The summed E-state index contributed by atoms with van der Waals surface area (Å²) in [6, 6.07) is 11.0. The molecule has 1 aliphatic rings. The van der Waals surface area contributed by atoms with Crippen LogP contribution in [0.3, 0.4) is 0 Å². The normalized spacial score (nSPS) is 15.5. The second-order valence-corrected chi connectivity index (χ2v) is 7.31. The van der Waals surface area contributed by atoms with E-state index in [1.54, 1.807) is 18.6 Å². The van der Waals surface area contributed by atoms with E-state index in [0.717, 1.165) is 60.9 Å². The zero-order valence-corrected chi connectivity index (χ0v) is 16.0. The lowest BCUT2D eigenvalue weighted by molar-refractivity contribution is 0.203. The first-order valence-electron chi connectivity index (χ1n) is 9.64. The van der Waals surface area contributed by atoms with Crippen molar-refractivity contribution in [3.05, 3.63) is 77.8 Å². The van der Waals surface area contributed by atoms with E-state index >= 15 is 0 Å². The number of pyridine rings is 1. The van der Waals surface area contributed by atoms with Gasteiger partial charge >= 0.3 is 0 Å². The molecule has 5 nitrogen and oxygen atoms in total. The molecule has 1 aliphatic heterocycles. The Kier molecular flexibility index (Phi) is 5.58. The number of piperidine rings is 1. The number of halogens is 1. The van der Waals surface area contributed by atoms with Gasteiger partial charge in [0.1, 0.15) is 11.6 Å². The van der Waals surface area contributed by atoms with Crippen LogP contribution in [0.2, 0.25) is 0 Å². The predicted molar refractivity (Wildman–Crippen MR) is 108 cm³/mol. The fourth-order valence-electron chi connectivity index (χ4n) is 3.72. The maximum absolute atomic E-state index is 13.1. The molecule has 0 radical (unpaired) electrons. The first kappa shape index (κ1) is 18.5. The van der Waals surface area contributed by atoms with Gasteiger partial charge in [-0.2, -0.15) is 0 Å². The van der Waals surface area contributed by atoms with Crippen LogP contribution < -0.4 is 5.32 Å². The van der Waals surface area contributed by atoms with Crippen LogP contribution in [0.25, 0.3) is 0 Å². The quantitative estimate of drug-likeness (QED) is 0.712. The largest absolute Gasteiger partial charge is 0.339 e. The van der Waals surface area contributed by atoms with E-state index in [0.29, 0.717) is 5.92 Å². The third kappa shape index (κ3) is 4.70. The maximum Gasteiger partial charge on any atom is 0.148 e. The van der Waals surface area contributed by atoms with Gasteiger partial charge in [0.15, 0.2) is 0 Å². The summed E-state index contributed by atoms with van der Waals surface area (Å²) in [7, 11) is 0. The van der Waals surface area contributed by atoms with E-state index in [2.05, 4.69) is 26.3 Å². The molecule has 1 fully saturated rings. The summed E-state index contributed by atoms with van der Waals surface area (Å²) in [6.07, 6.45) is 7.19. The molecule has 3 heterocycles. The van der Waals surface area contributed by atoms with Gasteiger partial charge in [-0.15, -0.1) is 0 Å². The third-order valence-corrected chi connectivity index (χ3v) is 5.13. The average molecular weight is 377 g/mol. The van der Waals surface area contributed by atoms with Crippen molar-refractivity contribution in [1.82, 2.24) is 19.9 Å². The fraction of sp³-hybridized carbons (Fsp3) is 0.318. The second kappa shape index (κ2) is 8.44. The summed E-state index contributed by atoms with van der Waals surface area (Å²) in [5, 5.41) is 3.32. The number of aromatic nitrogens is 3. The van der Waals surface area contributed by atoms with Gasteiger partial charge in [0.05, 0.1) is 6.20 Å². The van der Waals surface area contributed by atoms with Gasteiger partial charge in [0.25, 0.3) is 0 Å². The van der Waals surface area contributed by atoms with Crippen LogP contribution in [0.1, 0.15) is 35.7 Å². The van der Waals surface area contributed by atoms with Gasteiger partial charge in [-0.25, -0.2) is 9.37 Å². The van der Waals surface area contributed by atoms with Gasteiger partial charge < -0.3 is 5.32 Å². The second-order valence-electron chi connectivity index (χ2n) is 7.31. The number of nitrogens with zero attached hydrogens (tertiary/aromatic N) is 4. The Hall–Kier alpha value is -2.86. The van der Waals surface area contributed by atoms with Crippen LogP contribution in [0.4, 0.5) is 15.9 Å². The topological polar surface area (TPSA) is 53.9 Å². The summed E-state index contributed by atoms with van der Waals surface area (Å²) in [6.45, 7) is 4.93. The van der Waals surface area contributed by atoms with E-state index in [-0.39, 0.29) is 5.82 Å². The third-order valence-electron chi connectivity index (χ3n) is 5.13. The minimum atomic E-state index is -0.182. The van der Waals surface area contributed by atoms with Crippen LogP contribution in [0.5, 0.6) is 0 Å². The number of hydrogen-bond acceptors (Lipinski definition) is 5. The summed E-state index contributed by atoms with van der Waals surface area (Å²) >= 11 is 0. The minimum absolute atomic E-state index is 0.182. The predicted octanol–water partition coefficient (Wildman–Crippen LogP) is 4.44. The first-order chi connectivity index (χ1) is 13.7. The molecule has 3 aromatic rings. The smallest absolute Gasteiger partial charge is 0.148 e. The van der Waals surface area contributed by atoms with Crippen molar-refractivity contribution in [2.45, 2.75) is 32.2 Å². The molecule has 4 rings (SSSR count). The Morgan fingerprint density at radius 1 is 1.11 bits per heavy atom. The van der Waals surface area contributed by atoms with E-state index in [9.17, 15) is 4.39 Å². The zero-order valence-electron chi connectivity index (χ0n) is 16.0. The van der Waals surface area contributed by atoms with Gasteiger partial charge in [-0.3, -0.25) is 14.9 Å². The van der Waals surface area contributed by atoms with E-state index in [4.69, 9.17) is 4.98 Å². The molecular formula is C22H24FN5. The lowest BCUT2D eigenvalue weighted by Gasteiger charge is -2.32. The molecule has 0 aliphatic carbocycles. The van der Waals surface area contributed by atoms with Gasteiger partial charge in [0, 0.05) is 41.9 Å². The van der Waals surface area contributed by atoms with Crippen molar-refractivity contribution in [1.29, 1.82) is 0 Å². The van der Waals surface area contributed by atoms with Crippen LogP contribution in [0.15, 0.2) is 55.0 Å². The number of hydrogen-bond donors (Lipinski definition) is 1. The van der Waals surface area contributed by atoms with Crippen LogP contribution in [0, 0.1) is 12.7 Å². The zero-order chi connectivity index (χ0) is 19.3. The Labute approximate surface area is 164 Å². The Bertz CT molecular complexity index is 906. The van der Waals surface area contributed by atoms with Crippen molar-refractivity contribution in [2.24, 2.45) is 0 Å². The summed E-state index contributed by atoms with van der Waals surface area (Å²) in [4.78, 5) is 15.6. The molecule has 0 bridgehead atoms. The molecule has 1 N–H and O–H groups in total. The number of rotatable bonds is 5. The van der Waals surface area contributed by atoms with Gasteiger partial charge in [-0.05, 0) is 62.7 Å². The molecule has 1 saturated heterocycles. The standard InChI is InChI=1S/C22H24FN5/c1-16-12-20(27-22-14-24-8-9-25-22)13-21(26-16)18-6-10-28(11-7-18)15-17-2-4-19(23)5-3-17/h2-5,8-9,12-14,18H,6-7,10-11,15H2,1H3,(H,25,26,27). The molecule has 6 heteroatoms. The Balaban J connectivity index is 1.39. The highest BCUT2D eigenvalue weighted by Crippen LogP contribution is 2.30. The fourth-order valence-corrected chi connectivity index (χ4v) is 3.72. The number of aryl methyl sites for hydroxylation is 1. The lowest BCUT2D eigenvalue weighted by Crippen LogP contribution is -2.32. The van der Waals surface area contributed by atoms with Crippen molar-refractivity contribution >= 4 is 11.5 Å². The monoisotopic (exact) mass is 377 g/mol. The first-order valence-corrected chi connectivity index (χ1v) is 9.64. The van der Waals surface area contributed by atoms with Gasteiger partial charge in [-0.1, -0.05) is 12.1 Å². The molecule has 28 heavy (non-hydrogen) atoms. The van der Waals surface area contributed by atoms with Gasteiger partial charge in [0.2, 0.25) is 0 Å². The summed E-state index contributed by atoms with van der Waals surface area (Å²) in [5.74, 6) is 0.999. The maximum atomic E-state index is 13.1. The molecule has 2 aromatic heterocycles. The Morgan fingerprint density at radius 3 is 2.61 bits per heavy atom. The molecule has 144 valence electrons. The highest BCUT2D eigenvalue weighted by Gasteiger charge is 2.22. The van der Waals surface area contributed by atoms with E-state index in [1.165, 1.54) is 12.1 Å². The number of likely N-dealkylation sites (tertiary alicyclic amines) is 1. The van der Waals surface area contributed by atoms with E-state index in [1.807, 2.05) is 25.1 Å². The van der Waals surface area contributed by atoms with Crippen molar-refractivity contribution in [3.8, 4) is 0 Å². The van der Waals surface area contributed by atoms with Crippen LogP contribution >= 0.6 is 0 Å². The SMILES string of the molecule is Cc1cc(Nc2cnccn2)cc(C2CCN(Cc3ccc(F)cc3)CC2)n1. The highest BCUT2D eigenvalue weighted by molar-refractivity contribution is 5.56. The number of benzene rings is 1. The molecule has 0 atom stereocenters. The summed E-state index contributed by atoms with van der Waals surface area (Å²) in [5.41, 5.74) is 4.28. The van der Waals surface area contributed by atoms with Crippen molar-refractivity contribution < 1.29 is 4.39 Å². The number of anilines is 2.